The van der Waals surface area contributed by atoms with Crippen LogP contribution in [0.2, 0.25) is 0 Å². The van der Waals surface area contributed by atoms with Crippen LogP contribution in [0.4, 0.5) is 0 Å². The number of benzene rings is 3. The first kappa shape index (κ1) is 15.8. The van der Waals surface area contributed by atoms with Gasteiger partial charge in [0.25, 0.3) is 0 Å². The van der Waals surface area contributed by atoms with E-state index >= 15 is 0 Å². The zero-order chi connectivity index (χ0) is 16.8. The maximum absolute atomic E-state index is 12.3. The summed E-state index contributed by atoms with van der Waals surface area (Å²) in [7, 11) is 1.60. The summed E-state index contributed by atoms with van der Waals surface area (Å²) in [6.07, 6.45) is 0. The minimum absolute atomic E-state index is 0.00379. The molecule has 24 heavy (non-hydrogen) atoms. The Balaban J connectivity index is 1.74. The first-order valence-electron chi connectivity index (χ1n) is 7.72. The van der Waals surface area contributed by atoms with E-state index in [-0.39, 0.29) is 12.4 Å². The largest absolute Gasteiger partial charge is 0.497 e. The van der Waals surface area contributed by atoms with Crippen LogP contribution in [-0.4, -0.2) is 19.5 Å². The number of para-hydroxylation sites is 1. The van der Waals surface area contributed by atoms with Crippen molar-refractivity contribution in [3.63, 3.8) is 0 Å². The Bertz CT molecular complexity index is 808. The first-order valence-corrected chi connectivity index (χ1v) is 7.72. The molecule has 0 amide bonds. The standard InChI is InChI=1S/C21H18O3/c1-23-18-13-11-17(12-14-18)20(22)15-24-21-10-6-5-9-19(21)16-7-3-2-4-8-16/h2-14H,15H2,1H3. The van der Waals surface area contributed by atoms with Crippen molar-refractivity contribution in [2.24, 2.45) is 0 Å². The number of ketones is 1. The molecule has 0 saturated carbocycles. The number of Topliss-reactive ketones (excluding diaryl/α,β-unsaturated/α-hetero) is 1. The smallest absolute Gasteiger partial charge is 0.200 e. The fourth-order valence-electron chi connectivity index (χ4n) is 2.45. The highest BCUT2D eigenvalue weighted by atomic mass is 16.5. The van der Waals surface area contributed by atoms with Crippen LogP contribution in [0.3, 0.4) is 0 Å². The molecule has 120 valence electrons. The molecule has 0 radical (unpaired) electrons. The Morgan fingerprint density at radius 2 is 1.50 bits per heavy atom. The lowest BCUT2D eigenvalue weighted by Crippen LogP contribution is -2.11. The highest BCUT2D eigenvalue weighted by molar-refractivity contribution is 5.97. The van der Waals surface area contributed by atoms with E-state index in [1.165, 1.54) is 0 Å². The second-order valence-corrected chi connectivity index (χ2v) is 5.30. The third-order valence-corrected chi connectivity index (χ3v) is 3.74. The normalized spacial score (nSPS) is 10.2. The molecule has 3 rings (SSSR count). The average molecular weight is 318 g/mol. The number of ether oxygens (including phenoxy) is 2. The van der Waals surface area contributed by atoms with Crippen molar-refractivity contribution in [2.45, 2.75) is 0 Å². The number of rotatable bonds is 6. The number of hydrogen-bond donors (Lipinski definition) is 0. The van der Waals surface area contributed by atoms with Gasteiger partial charge in [-0.05, 0) is 35.9 Å². The van der Waals surface area contributed by atoms with Crippen molar-refractivity contribution in [3.05, 3.63) is 84.4 Å². The van der Waals surface area contributed by atoms with Gasteiger partial charge in [0, 0.05) is 11.1 Å². The van der Waals surface area contributed by atoms with Crippen LogP contribution in [0, 0.1) is 0 Å². The maximum atomic E-state index is 12.3. The Morgan fingerprint density at radius 1 is 0.833 bits per heavy atom. The molecule has 0 aliphatic heterocycles. The summed E-state index contributed by atoms with van der Waals surface area (Å²) in [5, 5.41) is 0. The molecule has 3 aromatic carbocycles. The number of hydrogen-bond acceptors (Lipinski definition) is 3. The summed E-state index contributed by atoms with van der Waals surface area (Å²) in [5.41, 5.74) is 2.64. The van der Waals surface area contributed by atoms with Crippen LogP contribution in [0.5, 0.6) is 11.5 Å². The molecule has 0 unspecified atom stereocenters. The minimum atomic E-state index is -0.0690. The third-order valence-electron chi connectivity index (χ3n) is 3.74. The highest BCUT2D eigenvalue weighted by Gasteiger charge is 2.10. The number of carbonyl (C=O) groups is 1. The van der Waals surface area contributed by atoms with Gasteiger partial charge in [0.2, 0.25) is 0 Å². The van der Waals surface area contributed by atoms with Gasteiger partial charge in [-0.3, -0.25) is 4.79 Å². The third kappa shape index (κ3) is 3.63. The summed E-state index contributed by atoms with van der Waals surface area (Å²) in [6.45, 7) is -0.00379. The highest BCUT2D eigenvalue weighted by Crippen LogP contribution is 2.29. The van der Waals surface area contributed by atoms with Crippen molar-refractivity contribution < 1.29 is 14.3 Å². The molecule has 0 aliphatic carbocycles. The molecule has 3 nitrogen and oxygen atoms in total. The molecular formula is C21H18O3. The van der Waals surface area contributed by atoms with Crippen molar-refractivity contribution in [1.29, 1.82) is 0 Å². The summed E-state index contributed by atoms with van der Waals surface area (Å²) < 4.78 is 10.9. The van der Waals surface area contributed by atoms with Crippen LogP contribution < -0.4 is 9.47 Å². The molecule has 0 aliphatic rings. The van der Waals surface area contributed by atoms with E-state index in [2.05, 4.69) is 0 Å². The SMILES string of the molecule is COc1ccc(C(=O)COc2ccccc2-c2ccccc2)cc1. The molecule has 0 aromatic heterocycles. The molecule has 0 bridgehead atoms. The van der Waals surface area contributed by atoms with E-state index in [0.717, 1.165) is 16.9 Å². The molecule has 0 saturated heterocycles. The lowest BCUT2D eigenvalue weighted by molar-refractivity contribution is 0.0922. The molecule has 0 atom stereocenters. The van der Waals surface area contributed by atoms with Gasteiger partial charge < -0.3 is 9.47 Å². The van der Waals surface area contributed by atoms with E-state index in [1.807, 2.05) is 54.6 Å². The van der Waals surface area contributed by atoms with Gasteiger partial charge in [-0.15, -0.1) is 0 Å². The monoisotopic (exact) mass is 318 g/mol. The van der Waals surface area contributed by atoms with Gasteiger partial charge in [0.05, 0.1) is 7.11 Å². The molecule has 0 heterocycles. The van der Waals surface area contributed by atoms with Crippen LogP contribution in [-0.2, 0) is 0 Å². The minimum Gasteiger partial charge on any atom is -0.497 e. The van der Waals surface area contributed by atoms with Crippen LogP contribution >= 0.6 is 0 Å². The summed E-state index contributed by atoms with van der Waals surface area (Å²) in [6, 6.07) is 24.7. The van der Waals surface area contributed by atoms with Gasteiger partial charge in [0.1, 0.15) is 11.5 Å². The quantitative estimate of drug-likeness (QED) is 0.622. The number of methoxy groups -OCH3 is 1. The summed E-state index contributed by atoms with van der Waals surface area (Å²) in [5.74, 6) is 1.35. The summed E-state index contributed by atoms with van der Waals surface area (Å²) in [4.78, 5) is 12.3. The Hall–Kier alpha value is -3.07. The molecule has 0 N–H and O–H groups in total. The van der Waals surface area contributed by atoms with Crippen molar-refractivity contribution in [3.8, 4) is 22.6 Å². The topological polar surface area (TPSA) is 35.5 Å². The van der Waals surface area contributed by atoms with Gasteiger partial charge >= 0.3 is 0 Å². The zero-order valence-electron chi connectivity index (χ0n) is 13.4. The van der Waals surface area contributed by atoms with E-state index < -0.39 is 0 Å². The van der Waals surface area contributed by atoms with Crippen molar-refractivity contribution in [2.75, 3.05) is 13.7 Å². The Morgan fingerprint density at radius 3 is 2.21 bits per heavy atom. The fourth-order valence-corrected chi connectivity index (χ4v) is 2.45. The summed E-state index contributed by atoms with van der Waals surface area (Å²) >= 11 is 0. The molecule has 0 spiro atoms. The van der Waals surface area contributed by atoms with Crippen molar-refractivity contribution >= 4 is 5.78 Å². The lowest BCUT2D eigenvalue weighted by Gasteiger charge is -2.11. The van der Waals surface area contributed by atoms with Crippen LogP contribution in [0.25, 0.3) is 11.1 Å². The van der Waals surface area contributed by atoms with Crippen LogP contribution in [0.1, 0.15) is 10.4 Å². The predicted octanol–water partition coefficient (Wildman–Crippen LogP) is 4.62. The van der Waals surface area contributed by atoms with Crippen LogP contribution in [0.15, 0.2) is 78.9 Å². The fraction of sp³-hybridized carbons (Fsp3) is 0.0952. The second-order valence-electron chi connectivity index (χ2n) is 5.30. The molecule has 3 aromatic rings. The lowest BCUT2D eigenvalue weighted by atomic mass is 10.0. The Labute approximate surface area is 141 Å². The Kier molecular flexibility index (Phi) is 4.92. The van der Waals surface area contributed by atoms with Gasteiger partial charge in [-0.2, -0.15) is 0 Å². The van der Waals surface area contributed by atoms with Gasteiger partial charge in [-0.1, -0.05) is 48.5 Å². The number of carbonyl (C=O) groups excluding carboxylic acids is 1. The molecular weight excluding hydrogens is 300 g/mol. The zero-order valence-corrected chi connectivity index (χ0v) is 13.4. The van der Waals surface area contributed by atoms with Crippen molar-refractivity contribution in [1.82, 2.24) is 0 Å². The molecule has 0 fully saturated rings. The van der Waals surface area contributed by atoms with E-state index in [9.17, 15) is 4.79 Å². The van der Waals surface area contributed by atoms with Gasteiger partial charge in [0.15, 0.2) is 12.4 Å². The van der Waals surface area contributed by atoms with E-state index in [1.54, 1.807) is 31.4 Å². The van der Waals surface area contributed by atoms with E-state index in [0.29, 0.717) is 11.3 Å². The first-order chi connectivity index (χ1) is 11.8. The average Bonchev–Trinajstić information content (AvgIpc) is 2.67. The van der Waals surface area contributed by atoms with Gasteiger partial charge in [-0.25, -0.2) is 0 Å². The molecule has 3 heteroatoms. The maximum Gasteiger partial charge on any atom is 0.200 e. The second kappa shape index (κ2) is 7.47. The predicted molar refractivity (Wildman–Crippen MR) is 94.7 cm³/mol. The van der Waals surface area contributed by atoms with E-state index in [4.69, 9.17) is 9.47 Å².